The second kappa shape index (κ2) is 4.03. The molecule has 84 valence electrons. The molecule has 2 heterocycles. The molecule has 16 heavy (non-hydrogen) atoms. The molecule has 0 saturated heterocycles. The Morgan fingerprint density at radius 1 is 1.62 bits per heavy atom. The van der Waals surface area contributed by atoms with Crippen LogP contribution in [0.25, 0.3) is 10.2 Å². The van der Waals surface area contributed by atoms with Gasteiger partial charge in [-0.25, -0.2) is 10.5 Å². The Kier molecular flexibility index (Phi) is 2.71. The summed E-state index contributed by atoms with van der Waals surface area (Å²) in [5.74, 6) is -0.373. The van der Waals surface area contributed by atoms with E-state index in [1.807, 2.05) is 0 Å². The van der Waals surface area contributed by atoms with Crippen LogP contribution in [0.3, 0.4) is 0 Å². The highest BCUT2D eigenvalue weighted by molar-refractivity contribution is 7.20. The molecule has 0 aromatic carbocycles. The van der Waals surface area contributed by atoms with E-state index >= 15 is 0 Å². The van der Waals surface area contributed by atoms with Crippen LogP contribution in [0.5, 0.6) is 0 Å². The molecule has 2 aromatic heterocycles. The van der Waals surface area contributed by atoms with Crippen LogP contribution in [0.4, 0.5) is 0 Å². The van der Waals surface area contributed by atoms with Crippen molar-refractivity contribution in [3.05, 3.63) is 27.1 Å². The van der Waals surface area contributed by atoms with Crippen LogP contribution in [0, 0.1) is 6.92 Å². The first-order chi connectivity index (χ1) is 7.65. The highest BCUT2D eigenvalue weighted by Gasteiger charge is 2.17. The zero-order valence-corrected chi connectivity index (χ0v) is 9.47. The summed E-state index contributed by atoms with van der Waals surface area (Å²) in [5.41, 5.74) is 2.59. The van der Waals surface area contributed by atoms with Crippen molar-refractivity contribution < 1.29 is 9.63 Å². The second-order valence-corrected chi connectivity index (χ2v) is 4.10. The summed E-state index contributed by atoms with van der Waals surface area (Å²) >= 11 is 1.16. The molecule has 1 amide bonds. The van der Waals surface area contributed by atoms with Gasteiger partial charge in [0.25, 0.3) is 11.5 Å². The summed E-state index contributed by atoms with van der Waals surface area (Å²) in [6.45, 7) is 1.71. The summed E-state index contributed by atoms with van der Waals surface area (Å²) in [4.78, 5) is 35.1. The number of nitrogens with zero attached hydrogens (tertiary/aromatic N) is 1. The van der Waals surface area contributed by atoms with Crippen LogP contribution >= 0.6 is 11.3 Å². The Bertz CT molecular complexity index is 602. The van der Waals surface area contributed by atoms with E-state index in [1.54, 1.807) is 6.92 Å². The molecule has 0 spiro atoms. The van der Waals surface area contributed by atoms with Crippen molar-refractivity contribution in [1.29, 1.82) is 0 Å². The molecule has 0 saturated carbocycles. The molecule has 2 aromatic rings. The number of thiophene rings is 1. The number of nitrogens with one attached hydrogen (secondary N) is 2. The number of rotatable bonds is 2. The van der Waals surface area contributed by atoms with Gasteiger partial charge in [0.05, 0.1) is 23.7 Å². The van der Waals surface area contributed by atoms with Crippen molar-refractivity contribution in [2.24, 2.45) is 0 Å². The lowest BCUT2D eigenvalue weighted by Crippen LogP contribution is -2.21. The Morgan fingerprint density at radius 2 is 2.38 bits per heavy atom. The number of aromatic amines is 1. The fraction of sp³-hybridized carbons (Fsp3) is 0.222. The third-order valence-electron chi connectivity index (χ3n) is 2.13. The molecule has 0 aliphatic carbocycles. The summed E-state index contributed by atoms with van der Waals surface area (Å²) in [7, 11) is 1.35. The van der Waals surface area contributed by atoms with Gasteiger partial charge in [-0.3, -0.25) is 14.4 Å². The van der Waals surface area contributed by atoms with Crippen LogP contribution in [0.2, 0.25) is 0 Å². The Morgan fingerprint density at radius 3 is 3.00 bits per heavy atom. The number of hydrogen-bond donors (Lipinski definition) is 2. The van der Waals surface area contributed by atoms with Crippen LogP contribution < -0.4 is 11.0 Å². The van der Waals surface area contributed by atoms with Gasteiger partial charge in [-0.1, -0.05) is 0 Å². The van der Waals surface area contributed by atoms with E-state index in [0.717, 1.165) is 11.3 Å². The third-order valence-corrected chi connectivity index (χ3v) is 3.33. The number of aromatic nitrogens is 2. The molecule has 0 bridgehead atoms. The quantitative estimate of drug-likeness (QED) is 0.751. The summed E-state index contributed by atoms with van der Waals surface area (Å²) in [5, 5.41) is 0.453. The number of fused-ring (bicyclic) bond motifs is 1. The lowest BCUT2D eigenvalue weighted by Gasteiger charge is -1.99. The second-order valence-electron chi connectivity index (χ2n) is 3.10. The number of H-pyrrole nitrogens is 1. The number of carbonyl (C=O) groups is 1. The van der Waals surface area contributed by atoms with Crippen molar-refractivity contribution in [3.8, 4) is 0 Å². The standard InChI is InChI=1S/C9H9N3O3S/c1-4-5-7(13)10-3-11-9(5)16-6(4)8(14)12-15-2/h3H,1-2H3,(H,12,14)(H,10,11,13). The van der Waals surface area contributed by atoms with E-state index in [4.69, 9.17) is 0 Å². The van der Waals surface area contributed by atoms with Crippen molar-refractivity contribution in [1.82, 2.24) is 15.4 Å². The lowest BCUT2D eigenvalue weighted by molar-refractivity contribution is 0.0541. The molecule has 2 rings (SSSR count). The molecule has 2 N–H and O–H groups in total. The van der Waals surface area contributed by atoms with Gasteiger partial charge < -0.3 is 4.98 Å². The van der Waals surface area contributed by atoms with Crippen LogP contribution in [-0.2, 0) is 4.84 Å². The minimum absolute atomic E-state index is 0.241. The maximum absolute atomic E-state index is 11.6. The fourth-order valence-electron chi connectivity index (χ4n) is 1.43. The average molecular weight is 239 g/mol. The molecule has 0 aliphatic heterocycles. The SMILES string of the molecule is CONC(=O)c1sc2nc[nH]c(=O)c2c1C. The van der Waals surface area contributed by atoms with Gasteiger partial charge >= 0.3 is 0 Å². The minimum atomic E-state index is -0.373. The number of hydrogen-bond acceptors (Lipinski definition) is 5. The molecule has 0 unspecified atom stereocenters. The van der Waals surface area contributed by atoms with E-state index in [-0.39, 0.29) is 11.5 Å². The summed E-state index contributed by atoms with van der Waals surface area (Å²) < 4.78 is 0. The molecule has 0 aliphatic rings. The maximum Gasteiger partial charge on any atom is 0.285 e. The van der Waals surface area contributed by atoms with Crippen LogP contribution in [-0.4, -0.2) is 23.0 Å². The van der Waals surface area contributed by atoms with E-state index in [2.05, 4.69) is 20.3 Å². The lowest BCUT2D eigenvalue weighted by atomic mass is 10.2. The molecular formula is C9H9N3O3S. The summed E-state index contributed by atoms with van der Waals surface area (Å²) in [6, 6.07) is 0. The van der Waals surface area contributed by atoms with E-state index in [0.29, 0.717) is 20.7 Å². The highest BCUT2D eigenvalue weighted by atomic mass is 32.1. The molecule has 0 radical (unpaired) electrons. The van der Waals surface area contributed by atoms with Crippen molar-refractivity contribution in [2.75, 3.05) is 7.11 Å². The minimum Gasteiger partial charge on any atom is -0.313 e. The van der Waals surface area contributed by atoms with E-state index in [9.17, 15) is 9.59 Å². The Labute approximate surface area is 94.2 Å². The van der Waals surface area contributed by atoms with Crippen molar-refractivity contribution in [3.63, 3.8) is 0 Å². The van der Waals surface area contributed by atoms with Gasteiger partial charge in [0.1, 0.15) is 4.83 Å². The van der Waals surface area contributed by atoms with Gasteiger partial charge in [0.15, 0.2) is 0 Å². The third kappa shape index (κ3) is 1.59. The monoisotopic (exact) mass is 239 g/mol. The largest absolute Gasteiger partial charge is 0.313 e. The molecule has 0 atom stereocenters. The van der Waals surface area contributed by atoms with Gasteiger partial charge in [0.2, 0.25) is 0 Å². The van der Waals surface area contributed by atoms with Gasteiger partial charge in [-0.05, 0) is 12.5 Å². The van der Waals surface area contributed by atoms with Crippen molar-refractivity contribution in [2.45, 2.75) is 6.92 Å². The zero-order chi connectivity index (χ0) is 11.7. The number of amides is 1. The Hall–Kier alpha value is -1.73. The normalized spacial score (nSPS) is 10.6. The average Bonchev–Trinajstić information content (AvgIpc) is 2.58. The van der Waals surface area contributed by atoms with E-state index < -0.39 is 0 Å². The number of hydroxylamine groups is 1. The molecular weight excluding hydrogens is 230 g/mol. The molecule has 7 heteroatoms. The smallest absolute Gasteiger partial charge is 0.285 e. The molecule has 6 nitrogen and oxygen atoms in total. The van der Waals surface area contributed by atoms with Gasteiger partial charge in [-0.15, -0.1) is 11.3 Å². The predicted molar refractivity (Wildman–Crippen MR) is 59.5 cm³/mol. The van der Waals surface area contributed by atoms with Gasteiger partial charge in [0, 0.05) is 0 Å². The fourth-order valence-corrected chi connectivity index (χ4v) is 2.47. The number of aryl methyl sites for hydroxylation is 1. The topological polar surface area (TPSA) is 84.1 Å². The number of carbonyl (C=O) groups excluding carboxylic acids is 1. The first-order valence-corrected chi connectivity index (χ1v) is 5.27. The maximum atomic E-state index is 11.6. The van der Waals surface area contributed by atoms with Crippen LogP contribution in [0.1, 0.15) is 15.2 Å². The molecule has 0 fully saturated rings. The van der Waals surface area contributed by atoms with Crippen LogP contribution in [0.15, 0.2) is 11.1 Å². The highest BCUT2D eigenvalue weighted by Crippen LogP contribution is 2.26. The van der Waals surface area contributed by atoms with Crippen molar-refractivity contribution >= 4 is 27.5 Å². The first-order valence-electron chi connectivity index (χ1n) is 4.45. The van der Waals surface area contributed by atoms with Gasteiger partial charge in [-0.2, -0.15) is 0 Å². The zero-order valence-electron chi connectivity index (χ0n) is 8.66. The van der Waals surface area contributed by atoms with E-state index in [1.165, 1.54) is 13.4 Å². The summed E-state index contributed by atoms with van der Waals surface area (Å²) in [6.07, 6.45) is 1.32. The first kappa shape index (κ1) is 10.8. The Balaban J connectivity index is 2.65. The predicted octanol–water partition coefficient (Wildman–Crippen LogP) is 0.584.